The molecule has 1 aromatic rings. The van der Waals surface area contributed by atoms with Crippen molar-refractivity contribution in [3.05, 3.63) is 24.2 Å². The Hall–Kier alpha value is -0.410. The van der Waals surface area contributed by atoms with E-state index in [-0.39, 0.29) is 0 Å². The van der Waals surface area contributed by atoms with Crippen molar-refractivity contribution in [1.82, 2.24) is 5.32 Å². The SMILES string of the molecule is CCCSCCNC(C)c1ccco1. The number of hydrogen-bond acceptors (Lipinski definition) is 3. The molecule has 0 amide bonds. The van der Waals surface area contributed by atoms with Crippen LogP contribution in [0.3, 0.4) is 0 Å². The highest BCUT2D eigenvalue weighted by molar-refractivity contribution is 7.99. The minimum absolute atomic E-state index is 0.326. The van der Waals surface area contributed by atoms with Crippen molar-refractivity contribution in [3.63, 3.8) is 0 Å². The number of furan rings is 1. The van der Waals surface area contributed by atoms with Crippen molar-refractivity contribution in [3.8, 4) is 0 Å². The summed E-state index contributed by atoms with van der Waals surface area (Å²) in [6.45, 7) is 5.39. The van der Waals surface area contributed by atoms with Gasteiger partial charge in [-0.1, -0.05) is 6.92 Å². The third-order valence-corrected chi connectivity index (χ3v) is 3.21. The van der Waals surface area contributed by atoms with Gasteiger partial charge in [-0.05, 0) is 31.2 Å². The summed E-state index contributed by atoms with van der Waals surface area (Å²) >= 11 is 2.00. The lowest BCUT2D eigenvalue weighted by atomic mass is 10.2. The zero-order valence-corrected chi connectivity index (χ0v) is 9.77. The fourth-order valence-electron chi connectivity index (χ4n) is 1.23. The third-order valence-electron chi connectivity index (χ3n) is 2.02. The van der Waals surface area contributed by atoms with Gasteiger partial charge in [0.15, 0.2) is 0 Å². The number of hydrogen-bond donors (Lipinski definition) is 1. The highest BCUT2D eigenvalue weighted by Gasteiger charge is 2.05. The van der Waals surface area contributed by atoms with Gasteiger partial charge in [0.2, 0.25) is 0 Å². The minimum atomic E-state index is 0.326. The Morgan fingerprint density at radius 2 is 2.36 bits per heavy atom. The van der Waals surface area contributed by atoms with Gasteiger partial charge in [0.05, 0.1) is 12.3 Å². The Balaban J connectivity index is 2.07. The van der Waals surface area contributed by atoms with Gasteiger partial charge in [0, 0.05) is 12.3 Å². The lowest BCUT2D eigenvalue weighted by molar-refractivity contribution is 0.438. The molecule has 0 radical (unpaired) electrons. The summed E-state index contributed by atoms with van der Waals surface area (Å²) in [6, 6.07) is 4.27. The quantitative estimate of drug-likeness (QED) is 0.705. The van der Waals surface area contributed by atoms with Crippen LogP contribution in [0.15, 0.2) is 22.8 Å². The van der Waals surface area contributed by atoms with E-state index in [0.717, 1.165) is 12.3 Å². The minimum Gasteiger partial charge on any atom is -0.468 e. The molecule has 0 aliphatic heterocycles. The summed E-state index contributed by atoms with van der Waals surface area (Å²) in [7, 11) is 0. The van der Waals surface area contributed by atoms with E-state index >= 15 is 0 Å². The van der Waals surface area contributed by atoms with Gasteiger partial charge in [-0.25, -0.2) is 0 Å². The second-order valence-electron chi connectivity index (χ2n) is 3.30. The Morgan fingerprint density at radius 1 is 1.50 bits per heavy atom. The summed E-state index contributed by atoms with van der Waals surface area (Å²) in [5.74, 6) is 3.46. The average molecular weight is 213 g/mol. The molecule has 1 atom stereocenters. The molecule has 0 aliphatic rings. The molecule has 0 saturated heterocycles. The molecule has 14 heavy (non-hydrogen) atoms. The second-order valence-corrected chi connectivity index (χ2v) is 4.53. The van der Waals surface area contributed by atoms with Crippen LogP contribution in [0.25, 0.3) is 0 Å². The van der Waals surface area contributed by atoms with Crippen LogP contribution >= 0.6 is 11.8 Å². The van der Waals surface area contributed by atoms with Crippen LogP contribution in [0.5, 0.6) is 0 Å². The summed E-state index contributed by atoms with van der Waals surface area (Å²) < 4.78 is 5.30. The molecule has 3 heteroatoms. The lowest BCUT2D eigenvalue weighted by Gasteiger charge is -2.10. The van der Waals surface area contributed by atoms with Crippen LogP contribution in [0.2, 0.25) is 0 Å². The average Bonchev–Trinajstić information content (AvgIpc) is 2.70. The summed E-state index contributed by atoms with van der Waals surface area (Å²) in [4.78, 5) is 0. The molecule has 80 valence electrons. The van der Waals surface area contributed by atoms with Crippen molar-refractivity contribution in [2.75, 3.05) is 18.1 Å². The molecular weight excluding hydrogens is 194 g/mol. The first-order valence-electron chi connectivity index (χ1n) is 5.19. The molecule has 1 heterocycles. The smallest absolute Gasteiger partial charge is 0.120 e. The van der Waals surface area contributed by atoms with E-state index in [9.17, 15) is 0 Å². The van der Waals surface area contributed by atoms with Gasteiger partial charge < -0.3 is 9.73 Å². The molecule has 2 nitrogen and oxygen atoms in total. The van der Waals surface area contributed by atoms with E-state index in [1.54, 1.807) is 6.26 Å². The van der Waals surface area contributed by atoms with E-state index < -0.39 is 0 Å². The second kappa shape index (κ2) is 6.96. The topological polar surface area (TPSA) is 25.2 Å². The molecule has 0 bridgehead atoms. The molecule has 0 fully saturated rings. The van der Waals surface area contributed by atoms with E-state index in [2.05, 4.69) is 19.2 Å². The molecule has 0 aliphatic carbocycles. The molecule has 1 aromatic heterocycles. The summed E-state index contributed by atoms with van der Waals surface area (Å²) in [5.41, 5.74) is 0. The molecule has 0 spiro atoms. The maximum absolute atomic E-state index is 5.30. The van der Waals surface area contributed by atoms with Gasteiger partial charge in [-0.2, -0.15) is 11.8 Å². The van der Waals surface area contributed by atoms with E-state index in [0.29, 0.717) is 6.04 Å². The predicted molar refractivity (Wildman–Crippen MR) is 62.7 cm³/mol. The Kier molecular flexibility index (Phi) is 5.80. The molecule has 1 unspecified atom stereocenters. The van der Waals surface area contributed by atoms with E-state index in [4.69, 9.17) is 4.42 Å². The van der Waals surface area contributed by atoms with Gasteiger partial charge >= 0.3 is 0 Å². The van der Waals surface area contributed by atoms with Crippen molar-refractivity contribution in [2.24, 2.45) is 0 Å². The highest BCUT2D eigenvalue weighted by atomic mass is 32.2. The Labute approximate surface area is 90.5 Å². The van der Waals surface area contributed by atoms with Crippen molar-refractivity contribution >= 4 is 11.8 Å². The number of rotatable bonds is 7. The largest absolute Gasteiger partial charge is 0.468 e. The first kappa shape index (κ1) is 11.7. The van der Waals surface area contributed by atoms with Gasteiger partial charge in [-0.15, -0.1) is 0 Å². The first-order valence-corrected chi connectivity index (χ1v) is 6.34. The van der Waals surface area contributed by atoms with Gasteiger partial charge in [0.25, 0.3) is 0 Å². The molecule has 1 rings (SSSR count). The first-order chi connectivity index (χ1) is 6.84. The maximum Gasteiger partial charge on any atom is 0.120 e. The number of nitrogens with one attached hydrogen (secondary N) is 1. The molecule has 0 aromatic carbocycles. The predicted octanol–water partition coefficient (Wildman–Crippen LogP) is 3.07. The standard InChI is InChI=1S/C11H19NOS/c1-3-8-14-9-6-12-10(2)11-5-4-7-13-11/h4-5,7,10,12H,3,6,8-9H2,1-2H3. The zero-order valence-electron chi connectivity index (χ0n) is 8.95. The normalized spacial score (nSPS) is 13.0. The monoisotopic (exact) mass is 213 g/mol. The Morgan fingerprint density at radius 3 is 3.00 bits per heavy atom. The van der Waals surface area contributed by atoms with E-state index in [1.165, 1.54) is 17.9 Å². The van der Waals surface area contributed by atoms with Crippen LogP contribution in [0.1, 0.15) is 32.1 Å². The molecule has 1 N–H and O–H groups in total. The zero-order chi connectivity index (χ0) is 10.2. The summed E-state index contributed by atoms with van der Waals surface area (Å²) in [5, 5.41) is 3.43. The van der Waals surface area contributed by atoms with Crippen LogP contribution < -0.4 is 5.32 Å². The van der Waals surface area contributed by atoms with Crippen molar-refractivity contribution < 1.29 is 4.42 Å². The lowest BCUT2D eigenvalue weighted by Crippen LogP contribution is -2.20. The van der Waals surface area contributed by atoms with Gasteiger partial charge in [0.1, 0.15) is 5.76 Å². The fourth-order valence-corrected chi connectivity index (χ4v) is 1.99. The van der Waals surface area contributed by atoms with Gasteiger partial charge in [-0.3, -0.25) is 0 Å². The summed E-state index contributed by atoms with van der Waals surface area (Å²) in [6.07, 6.45) is 2.98. The molecular formula is C11H19NOS. The van der Waals surface area contributed by atoms with Crippen LogP contribution in [0.4, 0.5) is 0 Å². The maximum atomic E-state index is 5.30. The van der Waals surface area contributed by atoms with E-state index in [1.807, 2.05) is 23.9 Å². The number of thioether (sulfide) groups is 1. The third kappa shape index (κ3) is 4.20. The Bertz CT molecular complexity index is 223. The van der Waals surface area contributed by atoms with Crippen LogP contribution in [-0.4, -0.2) is 18.1 Å². The van der Waals surface area contributed by atoms with Crippen molar-refractivity contribution in [1.29, 1.82) is 0 Å². The fraction of sp³-hybridized carbons (Fsp3) is 0.636. The van der Waals surface area contributed by atoms with Crippen molar-refractivity contribution in [2.45, 2.75) is 26.3 Å². The highest BCUT2D eigenvalue weighted by Crippen LogP contribution is 2.12. The molecule has 0 saturated carbocycles. The van der Waals surface area contributed by atoms with Crippen LogP contribution in [-0.2, 0) is 0 Å². The van der Waals surface area contributed by atoms with Crippen LogP contribution in [0, 0.1) is 0 Å².